The van der Waals surface area contributed by atoms with Gasteiger partial charge in [0, 0.05) is 18.9 Å². The first-order chi connectivity index (χ1) is 6.65. The second-order valence-electron chi connectivity index (χ2n) is 2.75. The van der Waals surface area contributed by atoms with E-state index in [0.29, 0.717) is 18.9 Å². The van der Waals surface area contributed by atoms with E-state index in [0.717, 1.165) is 5.01 Å². The van der Waals surface area contributed by atoms with Gasteiger partial charge in [-0.25, -0.2) is 4.98 Å². The summed E-state index contributed by atoms with van der Waals surface area (Å²) in [7, 11) is 0. The number of carbonyl (C=O) groups is 1. The number of rotatable bonds is 5. The number of aromatic nitrogens is 1. The monoisotopic (exact) mass is 277 g/mol. The van der Waals surface area contributed by atoms with Crippen molar-refractivity contribution in [2.75, 3.05) is 13.2 Å². The zero-order valence-corrected chi connectivity index (χ0v) is 10.5. The van der Waals surface area contributed by atoms with Gasteiger partial charge in [0.05, 0.1) is 11.4 Å². The van der Waals surface area contributed by atoms with E-state index in [9.17, 15) is 4.79 Å². The standard InChI is InChI=1S/C9H12BrNO2S/c1-3-13-4-7(10)9-11-8(5-14-9)6(2)12/h5,7H,3-4H2,1-2H3. The summed E-state index contributed by atoms with van der Waals surface area (Å²) in [6, 6.07) is 0. The van der Waals surface area contributed by atoms with Crippen LogP contribution in [0.1, 0.15) is 34.2 Å². The molecule has 0 aliphatic carbocycles. The van der Waals surface area contributed by atoms with Gasteiger partial charge in [-0.1, -0.05) is 15.9 Å². The Morgan fingerprint density at radius 1 is 1.79 bits per heavy atom. The van der Waals surface area contributed by atoms with Gasteiger partial charge >= 0.3 is 0 Å². The van der Waals surface area contributed by atoms with Gasteiger partial charge in [-0.15, -0.1) is 11.3 Å². The Morgan fingerprint density at radius 3 is 3.00 bits per heavy atom. The van der Waals surface area contributed by atoms with E-state index >= 15 is 0 Å². The molecule has 0 aliphatic rings. The molecule has 0 amide bonds. The minimum absolute atomic E-state index is 0.00334. The molecule has 0 radical (unpaired) electrons. The first kappa shape index (κ1) is 11.8. The second-order valence-corrected chi connectivity index (χ2v) is 4.75. The number of ketones is 1. The SMILES string of the molecule is CCOCC(Br)c1nc(C(C)=O)cs1. The van der Waals surface area contributed by atoms with Crippen LogP contribution in [0.2, 0.25) is 0 Å². The highest BCUT2D eigenvalue weighted by molar-refractivity contribution is 9.09. The normalized spacial score (nSPS) is 12.8. The van der Waals surface area contributed by atoms with Crippen molar-refractivity contribution in [1.29, 1.82) is 0 Å². The minimum atomic E-state index is 0.00334. The third-order valence-electron chi connectivity index (χ3n) is 1.62. The average molecular weight is 278 g/mol. The van der Waals surface area contributed by atoms with E-state index in [1.165, 1.54) is 18.3 Å². The van der Waals surface area contributed by atoms with Gasteiger partial charge in [-0.3, -0.25) is 4.79 Å². The van der Waals surface area contributed by atoms with Crippen LogP contribution in [0.3, 0.4) is 0 Å². The Bertz CT molecular complexity index is 314. The summed E-state index contributed by atoms with van der Waals surface area (Å²) in [4.78, 5) is 15.3. The Morgan fingerprint density at radius 2 is 2.50 bits per heavy atom. The third kappa shape index (κ3) is 3.15. The Kier molecular flexibility index (Phi) is 4.71. The van der Waals surface area contributed by atoms with Gasteiger partial charge < -0.3 is 4.74 Å². The number of nitrogens with zero attached hydrogens (tertiary/aromatic N) is 1. The van der Waals surface area contributed by atoms with Gasteiger partial charge in [-0.05, 0) is 6.92 Å². The molecule has 0 fully saturated rings. The molecule has 1 aromatic rings. The number of hydrogen-bond acceptors (Lipinski definition) is 4. The largest absolute Gasteiger partial charge is 0.380 e. The smallest absolute Gasteiger partial charge is 0.178 e. The molecule has 78 valence electrons. The first-order valence-electron chi connectivity index (χ1n) is 4.33. The lowest BCUT2D eigenvalue weighted by atomic mass is 10.3. The van der Waals surface area contributed by atoms with Crippen molar-refractivity contribution in [2.24, 2.45) is 0 Å². The quantitative estimate of drug-likeness (QED) is 0.614. The minimum Gasteiger partial charge on any atom is -0.380 e. The van der Waals surface area contributed by atoms with Gasteiger partial charge in [0.1, 0.15) is 10.7 Å². The van der Waals surface area contributed by atoms with Crippen LogP contribution in [0.4, 0.5) is 0 Å². The lowest BCUT2D eigenvalue weighted by molar-refractivity contribution is 0.101. The summed E-state index contributed by atoms with van der Waals surface area (Å²) in [5.41, 5.74) is 0.533. The third-order valence-corrected chi connectivity index (χ3v) is 3.58. The Hall–Kier alpha value is -0.260. The highest BCUT2D eigenvalue weighted by atomic mass is 79.9. The number of halogens is 1. The van der Waals surface area contributed by atoms with E-state index in [-0.39, 0.29) is 10.6 Å². The first-order valence-corrected chi connectivity index (χ1v) is 6.12. The number of ether oxygens (including phenoxy) is 1. The van der Waals surface area contributed by atoms with E-state index in [1.807, 2.05) is 6.92 Å². The highest BCUT2D eigenvalue weighted by Gasteiger charge is 2.13. The number of carbonyl (C=O) groups excluding carboxylic acids is 1. The topological polar surface area (TPSA) is 39.2 Å². The van der Waals surface area contributed by atoms with Gasteiger partial charge in [0.15, 0.2) is 5.78 Å². The molecular formula is C9H12BrNO2S. The molecule has 0 aromatic carbocycles. The van der Waals surface area contributed by atoms with Crippen molar-refractivity contribution < 1.29 is 9.53 Å². The van der Waals surface area contributed by atoms with Crippen LogP contribution in [0.15, 0.2) is 5.38 Å². The summed E-state index contributed by atoms with van der Waals surface area (Å²) >= 11 is 4.94. The van der Waals surface area contributed by atoms with Crippen molar-refractivity contribution in [2.45, 2.75) is 18.7 Å². The zero-order valence-electron chi connectivity index (χ0n) is 8.12. The van der Waals surface area contributed by atoms with Gasteiger partial charge in [0.2, 0.25) is 0 Å². The maximum Gasteiger partial charge on any atom is 0.178 e. The summed E-state index contributed by atoms with van der Waals surface area (Å²) in [5, 5.41) is 2.67. The van der Waals surface area contributed by atoms with Crippen molar-refractivity contribution in [1.82, 2.24) is 4.98 Å². The molecule has 5 heteroatoms. The van der Waals surface area contributed by atoms with Crippen molar-refractivity contribution in [3.05, 3.63) is 16.1 Å². The van der Waals surface area contributed by atoms with Crippen LogP contribution < -0.4 is 0 Å². The molecule has 1 heterocycles. The molecule has 1 unspecified atom stereocenters. The number of Topliss-reactive ketones (excluding diaryl/α,β-unsaturated/α-hetero) is 1. The number of alkyl halides is 1. The van der Waals surface area contributed by atoms with Crippen LogP contribution in [0.5, 0.6) is 0 Å². The van der Waals surface area contributed by atoms with E-state index < -0.39 is 0 Å². The van der Waals surface area contributed by atoms with Gasteiger partial charge in [-0.2, -0.15) is 0 Å². The summed E-state index contributed by atoms with van der Waals surface area (Å²) in [5.74, 6) is 0.00334. The molecule has 0 spiro atoms. The fraction of sp³-hybridized carbons (Fsp3) is 0.556. The highest BCUT2D eigenvalue weighted by Crippen LogP contribution is 2.26. The predicted molar refractivity (Wildman–Crippen MR) is 60.3 cm³/mol. The maximum absolute atomic E-state index is 11.0. The molecule has 1 atom stereocenters. The summed E-state index contributed by atoms with van der Waals surface area (Å²) in [6.45, 7) is 4.74. The van der Waals surface area contributed by atoms with Crippen LogP contribution in [-0.4, -0.2) is 24.0 Å². The molecule has 0 aliphatic heterocycles. The Balaban J connectivity index is 2.61. The summed E-state index contributed by atoms with van der Waals surface area (Å²) < 4.78 is 5.25. The van der Waals surface area contributed by atoms with Crippen molar-refractivity contribution in [3.8, 4) is 0 Å². The molecular weight excluding hydrogens is 266 g/mol. The maximum atomic E-state index is 11.0. The summed E-state index contributed by atoms with van der Waals surface area (Å²) in [6.07, 6.45) is 0. The van der Waals surface area contributed by atoms with Crippen molar-refractivity contribution >= 4 is 33.0 Å². The molecule has 0 N–H and O–H groups in total. The fourth-order valence-corrected chi connectivity index (χ4v) is 2.32. The predicted octanol–water partition coefficient (Wildman–Crippen LogP) is 2.82. The van der Waals surface area contributed by atoms with E-state index in [2.05, 4.69) is 20.9 Å². The number of hydrogen-bond donors (Lipinski definition) is 0. The second kappa shape index (κ2) is 5.58. The molecule has 14 heavy (non-hydrogen) atoms. The molecule has 1 aromatic heterocycles. The molecule has 1 rings (SSSR count). The van der Waals surface area contributed by atoms with E-state index in [1.54, 1.807) is 5.38 Å². The lowest BCUT2D eigenvalue weighted by Gasteiger charge is -2.05. The fourth-order valence-electron chi connectivity index (χ4n) is 0.886. The Labute approximate surface area is 95.6 Å². The molecule has 0 saturated carbocycles. The molecule has 0 saturated heterocycles. The van der Waals surface area contributed by atoms with Crippen molar-refractivity contribution in [3.63, 3.8) is 0 Å². The molecule has 3 nitrogen and oxygen atoms in total. The van der Waals surface area contributed by atoms with Crippen LogP contribution in [0.25, 0.3) is 0 Å². The van der Waals surface area contributed by atoms with Gasteiger partial charge in [0.25, 0.3) is 0 Å². The number of thiazole rings is 1. The average Bonchev–Trinajstić information content (AvgIpc) is 2.62. The van der Waals surface area contributed by atoms with Crippen LogP contribution >= 0.6 is 27.3 Å². The molecule has 0 bridgehead atoms. The van der Waals surface area contributed by atoms with Crippen LogP contribution in [-0.2, 0) is 4.74 Å². The zero-order chi connectivity index (χ0) is 10.6. The van der Waals surface area contributed by atoms with Crippen LogP contribution in [0, 0.1) is 0 Å². The lowest BCUT2D eigenvalue weighted by Crippen LogP contribution is -2.02. The van der Waals surface area contributed by atoms with E-state index in [4.69, 9.17) is 4.74 Å².